The van der Waals surface area contributed by atoms with Gasteiger partial charge in [-0.1, -0.05) is 24.3 Å². The lowest BCUT2D eigenvalue weighted by atomic mass is 10.0. The van der Waals surface area contributed by atoms with E-state index < -0.39 is 10.0 Å². The second kappa shape index (κ2) is 9.05. The SMILES string of the molecule is Cc1cccc(S(=O)(=O)NC[C@@H](c2ccc(N(C)C)cc2)N2CCOCC2)c1. The van der Waals surface area contributed by atoms with Gasteiger partial charge in [-0.25, -0.2) is 13.1 Å². The molecule has 152 valence electrons. The minimum Gasteiger partial charge on any atom is -0.379 e. The minimum atomic E-state index is -3.56. The molecule has 7 heteroatoms. The van der Waals surface area contributed by atoms with Gasteiger partial charge < -0.3 is 9.64 Å². The smallest absolute Gasteiger partial charge is 0.240 e. The molecule has 1 N–H and O–H groups in total. The Morgan fingerprint density at radius 1 is 1.11 bits per heavy atom. The van der Waals surface area contributed by atoms with E-state index in [1.807, 2.05) is 32.0 Å². The Labute approximate surface area is 168 Å². The number of morpholine rings is 1. The highest BCUT2D eigenvalue weighted by Gasteiger charge is 2.25. The van der Waals surface area contributed by atoms with Crippen LogP contribution in [0.4, 0.5) is 5.69 Å². The van der Waals surface area contributed by atoms with Crippen LogP contribution in [-0.4, -0.2) is 60.3 Å². The Balaban J connectivity index is 1.81. The fourth-order valence-electron chi connectivity index (χ4n) is 3.40. The molecule has 2 aromatic carbocycles. The Bertz CT molecular complexity index is 876. The molecule has 1 aliphatic heterocycles. The third-order valence-corrected chi connectivity index (χ3v) is 6.47. The number of hydrogen-bond donors (Lipinski definition) is 1. The maximum absolute atomic E-state index is 12.8. The number of nitrogens with zero attached hydrogens (tertiary/aromatic N) is 2. The number of anilines is 1. The molecule has 3 rings (SSSR count). The first-order chi connectivity index (χ1) is 13.4. The summed E-state index contributed by atoms with van der Waals surface area (Å²) >= 11 is 0. The summed E-state index contributed by atoms with van der Waals surface area (Å²) in [5, 5.41) is 0. The summed E-state index contributed by atoms with van der Waals surface area (Å²) in [5.74, 6) is 0. The summed E-state index contributed by atoms with van der Waals surface area (Å²) in [4.78, 5) is 4.64. The quantitative estimate of drug-likeness (QED) is 0.769. The molecule has 0 bridgehead atoms. The van der Waals surface area contributed by atoms with Crippen LogP contribution in [0.1, 0.15) is 17.2 Å². The summed E-state index contributed by atoms with van der Waals surface area (Å²) in [5.41, 5.74) is 3.14. The van der Waals surface area contributed by atoms with Crippen molar-refractivity contribution in [2.75, 3.05) is 51.8 Å². The molecule has 1 atom stereocenters. The number of sulfonamides is 1. The maximum atomic E-state index is 12.8. The summed E-state index contributed by atoms with van der Waals surface area (Å²) in [6.45, 7) is 5.10. The number of hydrogen-bond acceptors (Lipinski definition) is 5. The van der Waals surface area contributed by atoms with Crippen molar-refractivity contribution in [3.8, 4) is 0 Å². The highest BCUT2D eigenvalue weighted by Crippen LogP contribution is 2.24. The number of benzene rings is 2. The zero-order valence-corrected chi connectivity index (χ0v) is 17.6. The molecule has 1 fully saturated rings. The van der Waals surface area contributed by atoms with E-state index in [0.717, 1.165) is 29.9 Å². The first-order valence-corrected chi connectivity index (χ1v) is 11.0. The lowest BCUT2D eigenvalue weighted by Gasteiger charge is -2.35. The standard InChI is InChI=1S/C21H29N3O3S/c1-17-5-4-6-20(15-17)28(25,26)22-16-21(24-11-13-27-14-12-24)18-7-9-19(10-8-18)23(2)3/h4-10,15,21-22H,11-14,16H2,1-3H3/t21-/m0/s1. The van der Waals surface area contributed by atoms with E-state index in [9.17, 15) is 8.42 Å². The van der Waals surface area contributed by atoms with Crippen molar-refractivity contribution in [3.63, 3.8) is 0 Å². The summed E-state index contributed by atoms with van der Waals surface area (Å²) in [6.07, 6.45) is 0. The Hall–Kier alpha value is -1.93. The van der Waals surface area contributed by atoms with Crippen LogP contribution in [0.2, 0.25) is 0 Å². The van der Waals surface area contributed by atoms with Crippen molar-refractivity contribution >= 4 is 15.7 Å². The molecule has 0 radical (unpaired) electrons. The van der Waals surface area contributed by atoms with Crippen LogP contribution < -0.4 is 9.62 Å². The molecular formula is C21H29N3O3S. The van der Waals surface area contributed by atoms with Crippen LogP contribution in [0, 0.1) is 6.92 Å². The van der Waals surface area contributed by atoms with Crippen molar-refractivity contribution in [1.29, 1.82) is 0 Å². The molecule has 2 aromatic rings. The summed E-state index contributed by atoms with van der Waals surface area (Å²) in [7, 11) is 0.447. The van der Waals surface area contributed by atoms with Gasteiger partial charge in [0.15, 0.2) is 0 Å². The molecular weight excluding hydrogens is 374 g/mol. The van der Waals surface area contributed by atoms with Gasteiger partial charge >= 0.3 is 0 Å². The topological polar surface area (TPSA) is 61.9 Å². The van der Waals surface area contributed by atoms with E-state index in [-0.39, 0.29) is 6.04 Å². The van der Waals surface area contributed by atoms with Gasteiger partial charge in [0, 0.05) is 45.5 Å². The van der Waals surface area contributed by atoms with Crippen molar-refractivity contribution in [3.05, 3.63) is 59.7 Å². The van der Waals surface area contributed by atoms with Crippen molar-refractivity contribution < 1.29 is 13.2 Å². The largest absolute Gasteiger partial charge is 0.379 e. The van der Waals surface area contributed by atoms with Gasteiger partial charge in [-0.2, -0.15) is 0 Å². The monoisotopic (exact) mass is 403 g/mol. The fourth-order valence-corrected chi connectivity index (χ4v) is 4.54. The van der Waals surface area contributed by atoms with Gasteiger partial charge in [-0.3, -0.25) is 4.90 Å². The zero-order chi connectivity index (χ0) is 20.1. The van der Waals surface area contributed by atoms with Crippen LogP contribution in [0.5, 0.6) is 0 Å². The van der Waals surface area contributed by atoms with Gasteiger partial charge in [0.2, 0.25) is 10.0 Å². The summed E-state index contributed by atoms with van der Waals surface area (Å²) < 4.78 is 33.9. The highest BCUT2D eigenvalue weighted by atomic mass is 32.2. The molecule has 0 aromatic heterocycles. The summed E-state index contributed by atoms with van der Waals surface area (Å²) in [6, 6.07) is 15.2. The molecule has 0 unspecified atom stereocenters. The van der Waals surface area contributed by atoms with E-state index >= 15 is 0 Å². The van der Waals surface area contributed by atoms with E-state index in [1.165, 1.54) is 0 Å². The highest BCUT2D eigenvalue weighted by molar-refractivity contribution is 7.89. The van der Waals surface area contributed by atoms with Crippen LogP contribution in [0.25, 0.3) is 0 Å². The fraction of sp³-hybridized carbons (Fsp3) is 0.429. The van der Waals surface area contributed by atoms with Gasteiger partial charge in [-0.15, -0.1) is 0 Å². The molecule has 0 saturated carbocycles. The van der Waals surface area contributed by atoms with E-state index in [1.54, 1.807) is 18.2 Å². The molecule has 0 spiro atoms. The second-order valence-electron chi connectivity index (χ2n) is 7.32. The maximum Gasteiger partial charge on any atom is 0.240 e. The van der Waals surface area contributed by atoms with E-state index in [0.29, 0.717) is 24.7 Å². The molecule has 1 saturated heterocycles. The average molecular weight is 404 g/mol. The Morgan fingerprint density at radius 3 is 2.39 bits per heavy atom. The van der Waals surface area contributed by atoms with Crippen molar-refractivity contribution in [1.82, 2.24) is 9.62 Å². The minimum absolute atomic E-state index is 0.0419. The number of ether oxygens (including phenoxy) is 1. The molecule has 6 nitrogen and oxygen atoms in total. The average Bonchev–Trinajstić information content (AvgIpc) is 2.69. The van der Waals surface area contributed by atoms with Gasteiger partial charge in [0.05, 0.1) is 18.1 Å². The number of nitrogens with one attached hydrogen (secondary N) is 1. The first kappa shape index (κ1) is 20.8. The van der Waals surface area contributed by atoms with Gasteiger partial charge in [0.1, 0.15) is 0 Å². The number of rotatable bonds is 7. The normalized spacial score (nSPS) is 16.7. The molecule has 28 heavy (non-hydrogen) atoms. The van der Waals surface area contributed by atoms with Crippen molar-refractivity contribution in [2.45, 2.75) is 17.9 Å². The lowest BCUT2D eigenvalue weighted by molar-refractivity contribution is 0.0172. The molecule has 1 heterocycles. The third kappa shape index (κ3) is 5.11. The van der Waals surface area contributed by atoms with E-state index in [2.05, 4.69) is 33.9 Å². The van der Waals surface area contributed by atoms with Crippen LogP contribution >= 0.6 is 0 Å². The molecule has 0 aliphatic carbocycles. The van der Waals surface area contributed by atoms with Crippen molar-refractivity contribution in [2.24, 2.45) is 0 Å². The van der Waals surface area contributed by atoms with E-state index in [4.69, 9.17) is 4.74 Å². The Morgan fingerprint density at radius 2 is 1.79 bits per heavy atom. The first-order valence-electron chi connectivity index (χ1n) is 9.52. The second-order valence-corrected chi connectivity index (χ2v) is 9.09. The van der Waals surface area contributed by atoms with Crippen LogP contribution in [0.3, 0.4) is 0 Å². The van der Waals surface area contributed by atoms with Crippen LogP contribution in [-0.2, 0) is 14.8 Å². The zero-order valence-electron chi connectivity index (χ0n) is 16.8. The van der Waals surface area contributed by atoms with Gasteiger partial charge in [0.25, 0.3) is 0 Å². The molecule has 1 aliphatic rings. The third-order valence-electron chi connectivity index (χ3n) is 5.05. The lowest BCUT2D eigenvalue weighted by Crippen LogP contribution is -2.43. The predicted molar refractivity (Wildman–Crippen MR) is 112 cm³/mol. The van der Waals surface area contributed by atoms with Crippen LogP contribution in [0.15, 0.2) is 53.4 Å². The molecule has 0 amide bonds. The predicted octanol–water partition coefficient (Wildman–Crippen LogP) is 2.41. The number of aryl methyl sites for hydroxylation is 1. The van der Waals surface area contributed by atoms with Gasteiger partial charge in [-0.05, 0) is 42.3 Å². The Kier molecular flexibility index (Phi) is 6.72.